The summed E-state index contributed by atoms with van der Waals surface area (Å²) in [6.45, 7) is 3.02. The zero-order chi connectivity index (χ0) is 16.2. The fourth-order valence-electron chi connectivity index (χ4n) is 2.51. The summed E-state index contributed by atoms with van der Waals surface area (Å²) in [7, 11) is -2.26. The smallest absolute Gasteiger partial charge is 0.244 e. The molecule has 0 bridgehead atoms. The van der Waals surface area contributed by atoms with E-state index in [4.69, 9.17) is 9.47 Å². The molecule has 1 aromatic rings. The lowest BCUT2D eigenvalue weighted by Gasteiger charge is -2.35. The molecule has 2 N–H and O–H groups in total. The lowest BCUT2D eigenvalue weighted by atomic mass is 9.81. The summed E-state index contributed by atoms with van der Waals surface area (Å²) in [6.07, 6.45) is 1.27. The number of rotatable bonds is 6. The van der Waals surface area contributed by atoms with Gasteiger partial charge in [0.2, 0.25) is 10.0 Å². The number of aliphatic hydroxyl groups excluding tert-OH is 1. The van der Waals surface area contributed by atoms with Crippen LogP contribution in [0.4, 0.5) is 0 Å². The van der Waals surface area contributed by atoms with Crippen molar-refractivity contribution < 1.29 is 23.0 Å². The van der Waals surface area contributed by atoms with E-state index in [-0.39, 0.29) is 18.0 Å². The van der Waals surface area contributed by atoms with Crippen molar-refractivity contribution in [1.29, 1.82) is 0 Å². The van der Waals surface area contributed by atoms with Crippen molar-refractivity contribution >= 4 is 10.0 Å². The van der Waals surface area contributed by atoms with Crippen LogP contribution in [0.3, 0.4) is 0 Å². The lowest BCUT2D eigenvalue weighted by molar-refractivity contribution is -0.0126. The molecule has 1 fully saturated rings. The minimum Gasteiger partial charge on any atom is -0.495 e. The van der Waals surface area contributed by atoms with Gasteiger partial charge in [0.05, 0.1) is 13.7 Å². The van der Waals surface area contributed by atoms with Gasteiger partial charge in [0.15, 0.2) is 0 Å². The number of sulfonamides is 1. The first-order valence-corrected chi connectivity index (χ1v) is 8.74. The molecule has 6 nitrogen and oxygen atoms in total. The van der Waals surface area contributed by atoms with Crippen LogP contribution in [0.1, 0.15) is 18.4 Å². The molecule has 0 spiro atoms. The maximum absolute atomic E-state index is 12.6. The largest absolute Gasteiger partial charge is 0.495 e. The maximum Gasteiger partial charge on any atom is 0.244 e. The van der Waals surface area contributed by atoms with Crippen molar-refractivity contribution in [3.05, 3.63) is 23.8 Å². The Morgan fingerprint density at radius 1 is 1.36 bits per heavy atom. The monoisotopic (exact) mass is 329 g/mol. The Morgan fingerprint density at radius 2 is 2.05 bits per heavy atom. The summed E-state index contributed by atoms with van der Waals surface area (Å²) in [5, 5.41) is 9.64. The second kappa shape index (κ2) is 6.95. The summed E-state index contributed by atoms with van der Waals surface area (Å²) in [5.74, 6) is 0.308. The van der Waals surface area contributed by atoms with E-state index < -0.39 is 15.4 Å². The molecular weight excluding hydrogens is 306 g/mol. The molecule has 2 rings (SSSR count). The molecule has 1 aliphatic heterocycles. The number of aliphatic hydroxyl groups is 1. The first-order valence-electron chi connectivity index (χ1n) is 7.25. The minimum atomic E-state index is -3.70. The normalized spacial score (nSPS) is 18.1. The molecule has 1 heterocycles. The molecule has 124 valence electrons. The highest BCUT2D eigenvalue weighted by Crippen LogP contribution is 2.30. The molecular formula is C15H23NO5S. The topological polar surface area (TPSA) is 84.9 Å². The van der Waals surface area contributed by atoms with Gasteiger partial charge in [0.1, 0.15) is 10.6 Å². The van der Waals surface area contributed by atoms with Gasteiger partial charge in [-0.15, -0.1) is 0 Å². The molecule has 22 heavy (non-hydrogen) atoms. The third-order valence-corrected chi connectivity index (χ3v) is 5.56. The predicted molar refractivity (Wildman–Crippen MR) is 82.5 cm³/mol. The Bertz CT molecular complexity index is 608. The van der Waals surface area contributed by atoms with E-state index in [0.29, 0.717) is 31.8 Å². The van der Waals surface area contributed by atoms with Crippen molar-refractivity contribution in [2.75, 3.05) is 33.5 Å². The van der Waals surface area contributed by atoms with Crippen LogP contribution in [0.15, 0.2) is 23.1 Å². The molecule has 0 unspecified atom stereocenters. The third kappa shape index (κ3) is 3.78. The van der Waals surface area contributed by atoms with Crippen molar-refractivity contribution in [2.45, 2.75) is 24.7 Å². The van der Waals surface area contributed by atoms with Crippen LogP contribution < -0.4 is 9.46 Å². The van der Waals surface area contributed by atoms with Gasteiger partial charge < -0.3 is 14.6 Å². The number of benzene rings is 1. The van der Waals surface area contributed by atoms with Crippen LogP contribution in [0, 0.1) is 12.3 Å². The van der Waals surface area contributed by atoms with Crippen molar-refractivity contribution in [3.63, 3.8) is 0 Å². The first-order chi connectivity index (χ1) is 10.4. The van der Waals surface area contributed by atoms with Gasteiger partial charge in [-0.2, -0.15) is 0 Å². The second-order valence-electron chi connectivity index (χ2n) is 5.75. The highest BCUT2D eigenvalue weighted by atomic mass is 32.2. The summed E-state index contributed by atoms with van der Waals surface area (Å²) >= 11 is 0. The molecule has 0 atom stereocenters. The summed E-state index contributed by atoms with van der Waals surface area (Å²) < 4.78 is 38.2. The molecule has 0 amide bonds. The van der Waals surface area contributed by atoms with Gasteiger partial charge in [0, 0.05) is 25.2 Å². The molecule has 1 aromatic carbocycles. The predicted octanol–water partition coefficient (Wildman–Crippen LogP) is 1.07. The van der Waals surface area contributed by atoms with E-state index in [1.165, 1.54) is 7.11 Å². The zero-order valence-corrected chi connectivity index (χ0v) is 13.8. The molecule has 1 aliphatic rings. The van der Waals surface area contributed by atoms with Gasteiger partial charge in [-0.05, 0) is 37.5 Å². The van der Waals surface area contributed by atoms with E-state index in [9.17, 15) is 13.5 Å². The van der Waals surface area contributed by atoms with E-state index >= 15 is 0 Å². The fourth-order valence-corrected chi connectivity index (χ4v) is 3.92. The average Bonchev–Trinajstić information content (AvgIpc) is 2.54. The number of hydrogen-bond donors (Lipinski definition) is 2. The van der Waals surface area contributed by atoms with Crippen LogP contribution in [0.5, 0.6) is 5.75 Å². The zero-order valence-electron chi connectivity index (χ0n) is 13.0. The van der Waals surface area contributed by atoms with Gasteiger partial charge >= 0.3 is 0 Å². The van der Waals surface area contributed by atoms with E-state index in [1.807, 2.05) is 6.92 Å². The van der Waals surface area contributed by atoms with Crippen molar-refractivity contribution in [1.82, 2.24) is 4.72 Å². The lowest BCUT2D eigenvalue weighted by Crippen LogP contribution is -2.43. The molecule has 0 aromatic heterocycles. The summed E-state index contributed by atoms with van der Waals surface area (Å²) in [6, 6.07) is 5.02. The van der Waals surface area contributed by atoms with E-state index in [2.05, 4.69) is 4.72 Å². The van der Waals surface area contributed by atoms with Gasteiger partial charge in [-0.3, -0.25) is 0 Å². The number of aryl methyl sites for hydroxylation is 1. The van der Waals surface area contributed by atoms with Crippen LogP contribution in [0.2, 0.25) is 0 Å². The first kappa shape index (κ1) is 17.2. The van der Waals surface area contributed by atoms with Crippen LogP contribution >= 0.6 is 0 Å². The van der Waals surface area contributed by atoms with Gasteiger partial charge in [-0.25, -0.2) is 13.1 Å². The number of methoxy groups -OCH3 is 1. The number of ether oxygens (including phenoxy) is 2. The average molecular weight is 329 g/mol. The van der Waals surface area contributed by atoms with Gasteiger partial charge in [0.25, 0.3) is 0 Å². The Hall–Kier alpha value is -1.15. The summed E-state index contributed by atoms with van der Waals surface area (Å²) in [4.78, 5) is 0.121. The third-order valence-electron chi connectivity index (χ3n) is 4.13. The highest BCUT2D eigenvalue weighted by Gasteiger charge is 2.34. The molecule has 0 aliphatic carbocycles. The van der Waals surface area contributed by atoms with Gasteiger partial charge in [-0.1, -0.05) is 6.07 Å². The van der Waals surface area contributed by atoms with Crippen molar-refractivity contribution in [2.24, 2.45) is 5.41 Å². The number of hydrogen-bond acceptors (Lipinski definition) is 5. The Kier molecular flexibility index (Phi) is 5.44. The minimum absolute atomic E-state index is 0.0656. The standard InChI is InChI=1S/C15H23NO5S/c1-12-3-4-13(20-2)14(9-12)22(18,19)16-10-15(11-17)5-7-21-8-6-15/h3-4,9,16-17H,5-8,10-11H2,1-2H3. The van der Waals surface area contributed by atoms with Crippen LogP contribution in [-0.4, -0.2) is 47.0 Å². The SMILES string of the molecule is COc1ccc(C)cc1S(=O)(=O)NCC1(CO)CCOCC1. The quantitative estimate of drug-likeness (QED) is 0.815. The van der Waals surface area contributed by atoms with Crippen LogP contribution in [0.25, 0.3) is 0 Å². The second-order valence-corrected chi connectivity index (χ2v) is 7.48. The molecule has 1 saturated heterocycles. The Balaban J connectivity index is 2.19. The Labute approximate surface area is 131 Å². The Morgan fingerprint density at radius 3 is 2.64 bits per heavy atom. The highest BCUT2D eigenvalue weighted by molar-refractivity contribution is 7.89. The number of nitrogens with one attached hydrogen (secondary N) is 1. The molecule has 0 radical (unpaired) electrons. The fraction of sp³-hybridized carbons (Fsp3) is 0.600. The van der Waals surface area contributed by atoms with E-state index in [1.54, 1.807) is 18.2 Å². The molecule has 7 heteroatoms. The summed E-state index contributed by atoms with van der Waals surface area (Å²) in [5.41, 5.74) is 0.381. The molecule has 0 saturated carbocycles. The van der Waals surface area contributed by atoms with Crippen molar-refractivity contribution in [3.8, 4) is 5.75 Å². The van der Waals surface area contributed by atoms with Crippen LogP contribution in [-0.2, 0) is 14.8 Å². The van der Waals surface area contributed by atoms with E-state index in [0.717, 1.165) is 5.56 Å². The maximum atomic E-state index is 12.6.